The zero-order chi connectivity index (χ0) is 15.7. The maximum atomic E-state index is 11.7. The predicted molar refractivity (Wildman–Crippen MR) is 91.2 cm³/mol. The van der Waals surface area contributed by atoms with Gasteiger partial charge in [-0.2, -0.15) is 5.10 Å². The van der Waals surface area contributed by atoms with Crippen LogP contribution in [0.25, 0.3) is 10.8 Å². The molecule has 3 aromatic rings. The Bertz CT molecular complexity index is 908. The summed E-state index contributed by atoms with van der Waals surface area (Å²) in [5.41, 5.74) is 1.46. The summed E-state index contributed by atoms with van der Waals surface area (Å²) in [5.74, 6) is 0. The van der Waals surface area contributed by atoms with E-state index in [0.717, 1.165) is 11.3 Å². The molecular formula is C15H10Cl3N3O. The fourth-order valence-electron chi connectivity index (χ4n) is 2.11. The van der Waals surface area contributed by atoms with Gasteiger partial charge in [-0.15, -0.1) is 0 Å². The number of fused-ring (bicyclic) bond motifs is 1. The average molecular weight is 355 g/mol. The lowest BCUT2D eigenvalue weighted by atomic mass is 10.1. The van der Waals surface area contributed by atoms with Crippen LogP contribution in [-0.4, -0.2) is 10.2 Å². The van der Waals surface area contributed by atoms with Crippen molar-refractivity contribution in [2.45, 2.75) is 6.54 Å². The van der Waals surface area contributed by atoms with E-state index < -0.39 is 0 Å². The summed E-state index contributed by atoms with van der Waals surface area (Å²) in [4.78, 5) is 11.7. The van der Waals surface area contributed by atoms with E-state index in [1.165, 1.54) is 0 Å². The van der Waals surface area contributed by atoms with E-state index in [9.17, 15) is 4.79 Å². The number of aromatic nitrogens is 2. The van der Waals surface area contributed by atoms with Gasteiger partial charge in [0.1, 0.15) is 0 Å². The molecule has 0 fully saturated rings. The molecule has 4 nitrogen and oxygen atoms in total. The summed E-state index contributed by atoms with van der Waals surface area (Å²) in [5, 5.41) is 11.9. The molecule has 3 rings (SSSR count). The number of rotatable bonds is 3. The Morgan fingerprint density at radius 3 is 2.64 bits per heavy atom. The molecule has 0 atom stereocenters. The molecule has 112 valence electrons. The first kappa shape index (κ1) is 15.2. The number of benzene rings is 2. The first-order chi connectivity index (χ1) is 10.5. The summed E-state index contributed by atoms with van der Waals surface area (Å²) < 4.78 is 0. The second-order valence-electron chi connectivity index (χ2n) is 4.69. The van der Waals surface area contributed by atoms with Crippen LogP contribution in [-0.2, 0) is 6.54 Å². The number of hydrogen-bond donors (Lipinski definition) is 2. The van der Waals surface area contributed by atoms with Crippen LogP contribution in [0.4, 0.5) is 5.69 Å². The third-order valence-electron chi connectivity index (χ3n) is 3.24. The minimum absolute atomic E-state index is 0.253. The Labute approximate surface area is 141 Å². The lowest BCUT2D eigenvalue weighted by Gasteiger charge is -2.09. The number of halogens is 3. The quantitative estimate of drug-likeness (QED) is 0.728. The van der Waals surface area contributed by atoms with Crippen molar-refractivity contribution in [2.75, 3.05) is 5.32 Å². The van der Waals surface area contributed by atoms with Gasteiger partial charge in [-0.1, -0.05) is 40.9 Å². The van der Waals surface area contributed by atoms with Gasteiger partial charge in [0.15, 0.2) is 5.15 Å². The molecule has 0 spiro atoms. The molecule has 0 saturated carbocycles. The van der Waals surface area contributed by atoms with E-state index in [4.69, 9.17) is 34.8 Å². The van der Waals surface area contributed by atoms with Gasteiger partial charge in [-0.05, 0) is 35.9 Å². The van der Waals surface area contributed by atoms with Crippen molar-refractivity contribution in [1.82, 2.24) is 10.2 Å². The van der Waals surface area contributed by atoms with Gasteiger partial charge in [0.25, 0.3) is 5.56 Å². The van der Waals surface area contributed by atoms with Crippen LogP contribution in [0.2, 0.25) is 15.2 Å². The number of nitrogens with zero attached hydrogens (tertiary/aromatic N) is 1. The highest BCUT2D eigenvalue weighted by Gasteiger charge is 2.06. The van der Waals surface area contributed by atoms with Crippen LogP contribution in [0.5, 0.6) is 0 Å². The van der Waals surface area contributed by atoms with Crippen LogP contribution >= 0.6 is 34.8 Å². The van der Waals surface area contributed by atoms with Crippen LogP contribution in [0.15, 0.2) is 41.2 Å². The molecule has 7 heteroatoms. The van der Waals surface area contributed by atoms with E-state index in [-0.39, 0.29) is 10.7 Å². The summed E-state index contributed by atoms with van der Waals surface area (Å²) in [6, 6.07) is 10.6. The highest BCUT2D eigenvalue weighted by atomic mass is 35.5. The molecule has 0 radical (unpaired) electrons. The fraction of sp³-hybridized carbons (Fsp3) is 0.0667. The van der Waals surface area contributed by atoms with Crippen molar-refractivity contribution in [3.63, 3.8) is 0 Å². The molecule has 0 unspecified atom stereocenters. The minimum atomic E-state index is -0.272. The molecule has 0 amide bonds. The molecule has 2 aromatic carbocycles. The van der Waals surface area contributed by atoms with Gasteiger partial charge in [0.2, 0.25) is 0 Å². The first-order valence-corrected chi connectivity index (χ1v) is 7.54. The number of H-pyrrole nitrogens is 1. The predicted octanol–water partition coefficient (Wildman–Crippen LogP) is 4.50. The zero-order valence-electron chi connectivity index (χ0n) is 11.2. The normalized spacial score (nSPS) is 10.9. The van der Waals surface area contributed by atoms with E-state index in [1.54, 1.807) is 30.3 Å². The van der Waals surface area contributed by atoms with Crippen molar-refractivity contribution >= 4 is 51.3 Å². The second kappa shape index (κ2) is 6.16. The number of nitrogens with one attached hydrogen (secondary N) is 2. The summed E-state index contributed by atoms with van der Waals surface area (Å²) in [6.07, 6.45) is 0. The Morgan fingerprint density at radius 2 is 1.86 bits per heavy atom. The maximum absolute atomic E-state index is 11.7. The van der Waals surface area contributed by atoms with Gasteiger partial charge < -0.3 is 5.32 Å². The van der Waals surface area contributed by atoms with E-state index in [2.05, 4.69) is 15.5 Å². The van der Waals surface area contributed by atoms with Gasteiger partial charge in [0, 0.05) is 27.7 Å². The van der Waals surface area contributed by atoms with Crippen molar-refractivity contribution < 1.29 is 0 Å². The Balaban J connectivity index is 1.88. The number of anilines is 1. The SMILES string of the molecule is O=c1[nH]nc(Cl)c2cc(NCc3ccc(Cl)cc3Cl)ccc12. The van der Waals surface area contributed by atoms with Crippen LogP contribution in [0.3, 0.4) is 0 Å². The Morgan fingerprint density at radius 1 is 1.05 bits per heavy atom. The molecule has 1 aromatic heterocycles. The maximum Gasteiger partial charge on any atom is 0.272 e. The van der Waals surface area contributed by atoms with E-state index >= 15 is 0 Å². The highest BCUT2D eigenvalue weighted by Crippen LogP contribution is 2.24. The second-order valence-corrected chi connectivity index (χ2v) is 5.89. The molecular weight excluding hydrogens is 345 g/mol. The van der Waals surface area contributed by atoms with Gasteiger partial charge in [0.05, 0.1) is 5.39 Å². The lowest BCUT2D eigenvalue weighted by molar-refractivity contribution is 1.01. The molecule has 0 saturated heterocycles. The smallest absolute Gasteiger partial charge is 0.272 e. The molecule has 0 aliphatic carbocycles. The molecule has 0 bridgehead atoms. The van der Waals surface area contributed by atoms with Crippen LogP contribution < -0.4 is 10.9 Å². The number of aromatic amines is 1. The zero-order valence-corrected chi connectivity index (χ0v) is 13.4. The van der Waals surface area contributed by atoms with Gasteiger partial charge >= 0.3 is 0 Å². The molecule has 1 heterocycles. The molecule has 0 aliphatic heterocycles. The first-order valence-electron chi connectivity index (χ1n) is 6.40. The summed E-state index contributed by atoms with van der Waals surface area (Å²) >= 11 is 18.0. The van der Waals surface area contributed by atoms with Gasteiger partial charge in [-0.25, -0.2) is 5.10 Å². The topological polar surface area (TPSA) is 57.8 Å². The lowest BCUT2D eigenvalue weighted by Crippen LogP contribution is -2.08. The highest BCUT2D eigenvalue weighted by molar-refractivity contribution is 6.35. The monoisotopic (exact) mass is 353 g/mol. The van der Waals surface area contributed by atoms with Crippen molar-refractivity contribution in [3.05, 3.63) is 67.5 Å². The van der Waals surface area contributed by atoms with E-state index in [1.807, 2.05) is 6.07 Å². The summed E-state index contributed by atoms with van der Waals surface area (Å²) in [6.45, 7) is 0.524. The fourth-order valence-corrected chi connectivity index (χ4v) is 2.78. The van der Waals surface area contributed by atoms with Crippen molar-refractivity contribution in [3.8, 4) is 0 Å². The van der Waals surface area contributed by atoms with Crippen LogP contribution in [0, 0.1) is 0 Å². The van der Waals surface area contributed by atoms with Gasteiger partial charge in [-0.3, -0.25) is 4.79 Å². The number of hydrogen-bond acceptors (Lipinski definition) is 3. The molecule has 22 heavy (non-hydrogen) atoms. The van der Waals surface area contributed by atoms with Crippen molar-refractivity contribution in [2.24, 2.45) is 0 Å². The minimum Gasteiger partial charge on any atom is -0.381 e. The third-order valence-corrected chi connectivity index (χ3v) is 4.12. The third kappa shape index (κ3) is 3.04. The largest absolute Gasteiger partial charge is 0.381 e. The average Bonchev–Trinajstić information content (AvgIpc) is 2.50. The summed E-state index contributed by atoms with van der Waals surface area (Å²) in [7, 11) is 0. The Hall–Kier alpha value is -1.75. The Kier molecular flexibility index (Phi) is 4.25. The molecule has 0 aliphatic rings. The van der Waals surface area contributed by atoms with Crippen molar-refractivity contribution in [1.29, 1.82) is 0 Å². The standard InChI is InChI=1S/C15H10Cl3N3O/c16-9-2-1-8(13(17)5-9)7-19-10-3-4-11-12(6-10)14(18)20-21-15(11)22/h1-6,19H,7H2,(H,21,22). The van der Waals surface area contributed by atoms with Crippen LogP contribution in [0.1, 0.15) is 5.56 Å². The molecule has 2 N–H and O–H groups in total. The van der Waals surface area contributed by atoms with E-state index in [0.29, 0.717) is 27.4 Å².